The molecule has 0 atom stereocenters. The Morgan fingerprint density at radius 1 is 1.30 bits per heavy atom. The van der Waals surface area contributed by atoms with Gasteiger partial charge in [0.2, 0.25) is 0 Å². The summed E-state index contributed by atoms with van der Waals surface area (Å²) < 4.78 is 5.03. The standard InChI is InChI=1S/C15H23N3O2/c1-4-10(5-2)9-18(6-3)13-8-12-14(7-11(13)16)20-15(19)17-12/h7-8,10H,4-6,9,16H2,1-3H3,(H,17,19). The van der Waals surface area contributed by atoms with Crippen LogP contribution in [-0.4, -0.2) is 18.1 Å². The van der Waals surface area contributed by atoms with Crippen LogP contribution in [0.1, 0.15) is 33.6 Å². The van der Waals surface area contributed by atoms with E-state index < -0.39 is 5.76 Å². The van der Waals surface area contributed by atoms with Crippen LogP contribution >= 0.6 is 0 Å². The molecule has 0 aliphatic rings. The van der Waals surface area contributed by atoms with Crippen molar-refractivity contribution in [3.63, 3.8) is 0 Å². The Balaban J connectivity index is 2.37. The molecule has 110 valence electrons. The van der Waals surface area contributed by atoms with Crippen LogP contribution in [0.15, 0.2) is 21.3 Å². The fourth-order valence-electron chi connectivity index (χ4n) is 2.53. The fraction of sp³-hybridized carbons (Fsp3) is 0.533. The number of nitrogen functional groups attached to an aromatic ring is 1. The molecule has 5 nitrogen and oxygen atoms in total. The first kappa shape index (κ1) is 14.5. The molecular weight excluding hydrogens is 254 g/mol. The molecule has 0 saturated carbocycles. The van der Waals surface area contributed by atoms with E-state index in [1.165, 1.54) is 0 Å². The molecule has 3 N–H and O–H groups in total. The first-order valence-electron chi connectivity index (χ1n) is 7.26. The third kappa shape index (κ3) is 2.81. The number of fused-ring (bicyclic) bond motifs is 1. The highest BCUT2D eigenvalue weighted by molar-refractivity contribution is 5.85. The highest BCUT2D eigenvalue weighted by Gasteiger charge is 2.15. The maximum absolute atomic E-state index is 11.2. The zero-order valence-electron chi connectivity index (χ0n) is 12.4. The quantitative estimate of drug-likeness (QED) is 0.796. The van der Waals surface area contributed by atoms with Gasteiger partial charge in [0.15, 0.2) is 5.58 Å². The SMILES string of the molecule is CCC(CC)CN(CC)c1cc2[nH]c(=O)oc2cc1N. The zero-order chi connectivity index (χ0) is 14.7. The van der Waals surface area contributed by atoms with Crippen LogP contribution in [0.5, 0.6) is 0 Å². The first-order valence-corrected chi connectivity index (χ1v) is 7.26. The van der Waals surface area contributed by atoms with Crippen molar-refractivity contribution in [3.05, 3.63) is 22.7 Å². The number of anilines is 2. The van der Waals surface area contributed by atoms with Crippen LogP contribution in [0.4, 0.5) is 11.4 Å². The number of H-pyrrole nitrogens is 1. The van der Waals surface area contributed by atoms with Gasteiger partial charge in [0.1, 0.15) is 0 Å². The van der Waals surface area contributed by atoms with E-state index in [-0.39, 0.29) is 0 Å². The molecule has 2 aromatic rings. The number of hydrogen-bond acceptors (Lipinski definition) is 4. The van der Waals surface area contributed by atoms with Crippen LogP contribution in [0, 0.1) is 5.92 Å². The second-order valence-electron chi connectivity index (χ2n) is 5.14. The van der Waals surface area contributed by atoms with Gasteiger partial charge in [-0.05, 0) is 18.9 Å². The lowest BCUT2D eigenvalue weighted by atomic mass is 10.0. The Hall–Kier alpha value is -1.91. The predicted molar refractivity (Wildman–Crippen MR) is 83.2 cm³/mol. The monoisotopic (exact) mass is 277 g/mol. The van der Waals surface area contributed by atoms with Crippen molar-refractivity contribution in [2.45, 2.75) is 33.6 Å². The second kappa shape index (κ2) is 6.03. The van der Waals surface area contributed by atoms with Gasteiger partial charge < -0.3 is 15.1 Å². The van der Waals surface area contributed by atoms with Crippen LogP contribution < -0.4 is 16.4 Å². The highest BCUT2D eigenvalue weighted by Crippen LogP contribution is 2.29. The van der Waals surface area contributed by atoms with Gasteiger partial charge in [-0.15, -0.1) is 0 Å². The first-order chi connectivity index (χ1) is 9.58. The average Bonchev–Trinajstić information content (AvgIpc) is 2.79. The molecule has 1 aromatic heterocycles. The second-order valence-corrected chi connectivity index (χ2v) is 5.14. The van der Waals surface area contributed by atoms with Crippen molar-refractivity contribution < 1.29 is 4.42 Å². The lowest BCUT2D eigenvalue weighted by Crippen LogP contribution is -2.29. The van der Waals surface area contributed by atoms with Gasteiger partial charge in [0, 0.05) is 19.2 Å². The Labute approximate surface area is 118 Å². The largest absolute Gasteiger partial charge is 0.417 e. The lowest BCUT2D eigenvalue weighted by Gasteiger charge is -2.28. The average molecular weight is 277 g/mol. The van der Waals surface area contributed by atoms with Gasteiger partial charge in [0.05, 0.1) is 16.9 Å². The minimum atomic E-state index is -0.445. The maximum atomic E-state index is 11.2. The predicted octanol–water partition coefficient (Wildman–Crippen LogP) is 2.97. The normalized spacial score (nSPS) is 11.4. The Kier molecular flexibility index (Phi) is 4.37. The smallest absolute Gasteiger partial charge is 0.408 e. The van der Waals surface area contributed by atoms with Crippen LogP contribution in [0.25, 0.3) is 11.1 Å². The van der Waals surface area contributed by atoms with Crippen LogP contribution in [-0.2, 0) is 0 Å². The number of aromatic amines is 1. The number of nitrogens with two attached hydrogens (primary N) is 1. The van der Waals surface area contributed by atoms with E-state index >= 15 is 0 Å². The zero-order valence-corrected chi connectivity index (χ0v) is 12.4. The van der Waals surface area contributed by atoms with Crippen molar-refractivity contribution in [2.75, 3.05) is 23.7 Å². The van der Waals surface area contributed by atoms with Crippen molar-refractivity contribution in [1.82, 2.24) is 4.98 Å². The Bertz CT molecular complexity index is 626. The molecule has 1 aromatic carbocycles. The van der Waals surface area contributed by atoms with Gasteiger partial charge in [-0.2, -0.15) is 0 Å². The molecule has 0 fully saturated rings. The Morgan fingerprint density at radius 3 is 2.60 bits per heavy atom. The maximum Gasteiger partial charge on any atom is 0.417 e. The molecule has 0 saturated heterocycles. The van der Waals surface area contributed by atoms with Crippen molar-refractivity contribution in [2.24, 2.45) is 5.92 Å². The van der Waals surface area contributed by atoms with E-state index in [2.05, 4.69) is 30.7 Å². The summed E-state index contributed by atoms with van der Waals surface area (Å²) in [6, 6.07) is 3.62. The summed E-state index contributed by atoms with van der Waals surface area (Å²) in [6.45, 7) is 8.39. The molecular formula is C15H23N3O2. The van der Waals surface area contributed by atoms with Gasteiger partial charge >= 0.3 is 5.76 Å². The molecule has 1 heterocycles. The molecule has 0 amide bonds. The lowest BCUT2D eigenvalue weighted by molar-refractivity contribution is 0.486. The molecule has 5 heteroatoms. The van der Waals surface area contributed by atoms with Crippen molar-refractivity contribution in [3.8, 4) is 0 Å². The van der Waals surface area contributed by atoms with Gasteiger partial charge in [0.25, 0.3) is 0 Å². The van der Waals surface area contributed by atoms with E-state index in [9.17, 15) is 4.79 Å². The van der Waals surface area contributed by atoms with Gasteiger partial charge in [-0.25, -0.2) is 4.79 Å². The number of rotatable bonds is 6. The minimum absolute atomic E-state index is 0.445. The van der Waals surface area contributed by atoms with E-state index in [0.717, 1.165) is 31.6 Å². The van der Waals surface area contributed by atoms with Crippen molar-refractivity contribution >= 4 is 22.5 Å². The highest BCUT2D eigenvalue weighted by atomic mass is 16.4. The molecule has 0 radical (unpaired) electrons. The molecule has 0 aliphatic carbocycles. The summed E-state index contributed by atoms with van der Waals surface area (Å²) in [5, 5.41) is 0. The molecule has 20 heavy (non-hydrogen) atoms. The molecule has 0 spiro atoms. The number of oxazole rings is 1. The molecule has 0 aliphatic heterocycles. The summed E-state index contributed by atoms with van der Waals surface area (Å²) in [4.78, 5) is 16.2. The molecule has 0 bridgehead atoms. The summed E-state index contributed by atoms with van der Waals surface area (Å²) in [5.41, 5.74) is 8.93. The topological polar surface area (TPSA) is 75.3 Å². The molecule has 2 rings (SSSR count). The summed E-state index contributed by atoms with van der Waals surface area (Å²) in [6.07, 6.45) is 2.30. The molecule has 0 unspecified atom stereocenters. The van der Waals surface area contributed by atoms with Crippen molar-refractivity contribution in [1.29, 1.82) is 0 Å². The third-order valence-electron chi connectivity index (χ3n) is 3.92. The Morgan fingerprint density at radius 2 is 2.00 bits per heavy atom. The third-order valence-corrected chi connectivity index (χ3v) is 3.92. The summed E-state index contributed by atoms with van der Waals surface area (Å²) in [5.74, 6) is 0.202. The van der Waals surface area contributed by atoms with Gasteiger partial charge in [-0.1, -0.05) is 26.7 Å². The number of benzene rings is 1. The van der Waals surface area contributed by atoms with Crippen LogP contribution in [0.2, 0.25) is 0 Å². The van der Waals surface area contributed by atoms with Gasteiger partial charge in [-0.3, -0.25) is 4.98 Å². The number of hydrogen-bond donors (Lipinski definition) is 2. The summed E-state index contributed by atoms with van der Waals surface area (Å²) in [7, 11) is 0. The van der Waals surface area contributed by atoms with E-state index in [4.69, 9.17) is 10.2 Å². The van der Waals surface area contributed by atoms with E-state index in [1.807, 2.05) is 6.07 Å². The summed E-state index contributed by atoms with van der Waals surface area (Å²) >= 11 is 0. The van der Waals surface area contributed by atoms with E-state index in [1.54, 1.807) is 6.07 Å². The van der Waals surface area contributed by atoms with E-state index in [0.29, 0.717) is 22.7 Å². The van der Waals surface area contributed by atoms with Crippen LogP contribution in [0.3, 0.4) is 0 Å². The fourth-order valence-corrected chi connectivity index (χ4v) is 2.53. The number of aromatic nitrogens is 1. The number of nitrogens with zero attached hydrogens (tertiary/aromatic N) is 1. The number of nitrogens with one attached hydrogen (secondary N) is 1. The minimum Gasteiger partial charge on any atom is -0.408 e.